The summed E-state index contributed by atoms with van der Waals surface area (Å²) in [7, 11) is 0. The summed E-state index contributed by atoms with van der Waals surface area (Å²) >= 11 is 5.63. The topological polar surface area (TPSA) is 88.3 Å². The van der Waals surface area contributed by atoms with E-state index in [1.165, 1.54) is 12.1 Å². The van der Waals surface area contributed by atoms with E-state index in [1.54, 1.807) is 0 Å². The quantitative estimate of drug-likeness (QED) is 0.469. The highest BCUT2D eigenvalue weighted by Gasteiger charge is 2.15. The molecule has 1 heterocycles. The van der Waals surface area contributed by atoms with Crippen LogP contribution in [0.1, 0.15) is 13.3 Å². The first-order valence-electron chi connectivity index (χ1n) is 4.77. The van der Waals surface area contributed by atoms with Gasteiger partial charge in [-0.3, -0.25) is 10.1 Å². The van der Waals surface area contributed by atoms with Crippen molar-refractivity contribution >= 4 is 23.1 Å². The van der Waals surface area contributed by atoms with E-state index < -0.39 is 11.0 Å². The van der Waals surface area contributed by atoms with Gasteiger partial charge in [-0.2, -0.15) is 0 Å². The molecule has 7 heteroatoms. The van der Waals surface area contributed by atoms with Crippen LogP contribution in [0.5, 0.6) is 0 Å². The Balaban J connectivity index is 2.84. The third-order valence-electron chi connectivity index (χ3n) is 2.01. The molecule has 1 rings (SSSR count). The minimum atomic E-state index is -0.569. The van der Waals surface area contributed by atoms with Crippen LogP contribution in [0.15, 0.2) is 12.1 Å². The van der Waals surface area contributed by atoms with Gasteiger partial charge in [-0.1, -0.05) is 18.5 Å². The third kappa shape index (κ3) is 3.32. The summed E-state index contributed by atoms with van der Waals surface area (Å²) in [4.78, 5) is 13.9. The van der Waals surface area contributed by atoms with E-state index >= 15 is 0 Å². The molecule has 0 spiro atoms. The Labute approximate surface area is 97.4 Å². The smallest absolute Gasteiger partial charge is 0.311 e. The Kier molecular flexibility index (Phi) is 4.45. The molecular weight excluding hydrogens is 234 g/mol. The first-order valence-corrected chi connectivity index (χ1v) is 5.15. The molecule has 0 aliphatic rings. The van der Waals surface area contributed by atoms with Crippen LogP contribution >= 0.6 is 11.6 Å². The van der Waals surface area contributed by atoms with Crippen LogP contribution in [0.3, 0.4) is 0 Å². The highest BCUT2D eigenvalue weighted by atomic mass is 35.5. The van der Waals surface area contributed by atoms with Gasteiger partial charge in [0.25, 0.3) is 0 Å². The van der Waals surface area contributed by atoms with Crippen LogP contribution in [-0.4, -0.2) is 27.7 Å². The van der Waals surface area contributed by atoms with Gasteiger partial charge in [0.2, 0.25) is 5.82 Å². The predicted octanol–water partition coefficient (Wildman–Crippen LogP) is 1.83. The number of aliphatic hydroxyl groups excluding tert-OH is 1. The second-order valence-corrected chi connectivity index (χ2v) is 3.59. The summed E-state index contributed by atoms with van der Waals surface area (Å²) in [6.45, 7) is 2.01. The van der Waals surface area contributed by atoms with Crippen molar-refractivity contribution in [2.24, 2.45) is 0 Å². The number of hydrogen-bond acceptors (Lipinski definition) is 5. The zero-order chi connectivity index (χ0) is 12.1. The molecule has 1 atom stereocenters. The fourth-order valence-corrected chi connectivity index (χ4v) is 1.21. The number of anilines is 1. The lowest BCUT2D eigenvalue weighted by Gasteiger charge is -2.10. The average Bonchev–Trinajstić information content (AvgIpc) is 2.25. The molecule has 0 amide bonds. The Morgan fingerprint density at radius 2 is 2.38 bits per heavy atom. The summed E-state index contributed by atoms with van der Waals surface area (Å²) in [5, 5.41) is 22.9. The van der Waals surface area contributed by atoms with Gasteiger partial charge in [-0.15, -0.1) is 0 Å². The molecule has 88 valence electrons. The lowest BCUT2D eigenvalue weighted by molar-refractivity contribution is -0.384. The fraction of sp³-hybridized carbons (Fsp3) is 0.444. The largest absolute Gasteiger partial charge is 0.391 e. The number of halogens is 1. The molecule has 1 aromatic heterocycles. The predicted molar refractivity (Wildman–Crippen MR) is 60.7 cm³/mol. The molecule has 0 radical (unpaired) electrons. The monoisotopic (exact) mass is 245 g/mol. The summed E-state index contributed by atoms with van der Waals surface area (Å²) in [6.07, 6.45) is -0.0122. The maximum atomic E-state index is 10.7. The van der Waals surface area contributed by atoms with E-state index in [1.807, 2.05) is 6.92 Å². The lowest BCUT2D eigenvalue weighted by Crippen LogP contribution is -2.19. The molecule has 0 bridgehead atoms. The van der Waals surface area contributed by atoms with Gasteiger partial charge in [0.05, 0.1) is 11.0 Å². The third-order valence-corrected chi connectivity index (χ3v) is 2.22. The molecule has 6 nitrogen and oxygen atoms in total. The van der Waals surface area contributed by atoms with Crippen molar-refractivity contribution < 1.29 is 10.0 Å². The summed E-state index contributed by atoms with van der Waals surface area (Å²) < 4.78 is 0. The van der Waals surface area contributed by atoms with E-state index in [-0.39, 0.29) is 23.2 Å². The number of hydrogen-bond donors (Lipinski definition) is 2. The molecule has 0 aromatic carbocycles. The van der Waals surface area contributed by atoms with Crippen molar-refractivity contribution in [2.75, 3.05) is 11.9 Å². The van der Waals surface area contributed by atoms with Crippen LogP contribution < -0.4 is 5.32 Å². The summed E-state index contributed by atoms with van der Waals surface area (Å²) in [6, 6.07) is 2.62. The highest BCUT2D eigenvalue weighted by molar-refractivity contribution is 6.29. The molecule has 0 saturated heterocycles. The minimum absolute atomic E-state index is 0.0741. The zero-order valence-electron chi connectivity index (χ0n) is 8.68. The normalized spacial score (nSPS) is 12.2. The molecule has 0 aliphatic carbocycles. The molecule has 1 aromatic rings. The van der Waals surface area contributed by atoms with E-state index in [9.17, 15) is 15.2 Å². The van der Waals surface area contributed by atoms with Gasteiger partial charge in [-0.25, -0.2) is 4.98 Å². The van der Waals surface area contributed by atoms with Crippen LogP contribution in [0, 0.1) is 10.1 Å². The van der Waals surface area contributed by atoms with E-state index in [0.29, 0.717) is 6.42 Å². The van der Waals surface area contributed by atoms with E-state index in [4.69, 9.17) is 11.6 Å². The number of nitrogens with one attached hydrogen (secondary N) is 1. The Hall–Kier alpha value is -1.40. The standard InChI is InChI=1S/C9H12ClN3O3/c1-2-6(14)5-11-9-7(13(15)16)3-4-8(10)12-9/h3-4,6,14H,2,5H2,1H3,(H,11,12)/t6-/m0/s1. The van der Waals surface area contributed by atoms with Crippen LogP contribution in [0.2, 0.25) is 5.15 Å². The van der Waals surface area contributed by atoms with E-state index in [2.05, 4.69) is 10.3 Å². The number of nitro groups is 1. The average molecular weight is 246 g/mol. The van der Waals surface area contributed by atoms with Gasteiger partial charge in [0, 0.05) is 12.6 Å². The second kappa shape index (κ2) is 5.62. The maximum Gasteiger partial charge on any atom is 0.311 e. The number of pyridine rings is 1. The highest BCUT2D eigenvalue weighted by Crippen LogP contribution is 2.23. The molecule has 16 heavy (non-hydrogen) atoms. The molecule has 0 unspecified atom stereocenters. The van der Waals surface area contributed by atoms with Crippen LogP contribution in [0.4, 0.5) is 11.5 Å². The minimum Gasteiger partial charge on any atom is -0.391 e. The van der Waals surface area contributed by atoms with Crippen molar-refractivity contribution in [3.05, 3.63) is 27.4 Å². The van der Waals surface area contributed by atoms with Gasteiger partial charge in [-0.05, 0) is 12.5 Å². The van der Waals surface area contributed by atoms with Gasteiger partial charge >= 0.3 is 5.69 Å². The molecule has 2 N–H and O–H groups in total. The number of rotatable bonds is 5. The Morgan fingerprint density at radius 3 is 2.94 bits per heavy atom. The Morgan fingerprint density at radius 1 is 1.69 bits per heavy atom. The molecule has 0 aliphatic heterocycles. The van der Waals surface area contributed by atoms with Gasteiger partial charge < -0.3 is 10.4 Å². The SMILES string of the molecule is CC[C@H](O)CNc1nc(Cl)ccc1[N+](=O)[O-]. The molecule has 0 fully saturated rings. The number of aromatic nitrogens is 1. The first-order chi connectivity index (χ1) is 7.54. The van der Waals surface area contributed by atoms with Crippen molar-refractivity contribution in [2.45, 2.75) is 19.4 Å². The van der Waals surface area contributed by atoms with Gasteiger partial charge in [0.1, 0.15) is 5.15 Å². The fourth-order valence-electron chi connectivity index (χ4n) is 1.06. The number of nitrogens with zero attached hydrogens (tertiary/aromatic N) is 2. The number of aliphatic hydroxyl groups is 1. The van der Waals surface area contributed by atoms with Crippen molar-refractivity contribution in [3.8, 4) is 0 Å². The van der Waals surface area contributed by atoms with Gasteiger partial charge in [0.15, 0.2) is 0 Å². The van der Waals surface area contributed by atoms with Crippen molar-refractivity contribution in [1.29, 1.82) is 0 Å². The zero-order valence-corrected chi connectivity index (χ0v) is 9.44. The van der Waals surface area contributed by atoms with Crippen molar-refractivity contribution in [1.82, 2.24) is 4.98 Å². The first kappa shape index (κ1) is 12.7. The van der Waals surface area contributed by atoms with Crippen LogP contribution in [0.25, 0.3) is 0 Å². The lowest BCUT2D eigenvalue weighted by atomic mass is 10.3. The molecular formula is C9H12ClN3O3. The maximum absolute atomic E-state index is 10.7. The summed E-state index contributed by atoms with van der Waals surface area (Å²) in [5.41, 5.74) is -0.160. The summed E-state index contributed by atoms with van der Waals surface area (Å²) in [5.74, 6) is 0.0741. The Bertz CT molecular complexity index is 386. The second-order valence-electron chi connectivity index (χ2n) is 3.20. The molecule has 0 saturated carbocycles. The van der Waals surface area contributed by atoms with Crippen molar-refractivity contribution in [3.63, 3.8) is 0 Å². The van der Waals surface area contributed by atoms with Crippen LogP contribution in [-0.2, 0) is 0 Å². The van der Waals surface area contributed by atoms with E-state index in [0.717, 1.165) is 0 Å².